The zero-order valence-electron chi connectivity index (χ0n) is 12.8. The van der Waals surface area contributed by atoms with E-state index >= 15 is 0 Å². The van der Waals surface area contributed by atoms with Crippen molar-refractivity contribution in [3.05, 3.63) is 58.4 Å². The summed E-state index contributed by atoms with van der Waals surface area (Å²) in [7, 11) is 2.57. The largest absolute Gasteiger partial charge is 0.464 e. The third-order valence-corrected chi connectivity index (χ3v) is 3.78. The minimum absolute atomic E-state index is 0.0679. The van der Waals surface area contributed by atoms with Gasteiger partial charge >= 0.3 is 5.97 Å². The molecule has 0 N–H and O–H groups in total. The fraction of sp³-hybridized carbons (Fsp3) is 0.188. The van der Waals surface area contributed by atoms with Crippen LogP contribution in [-0.2, 0) is 16.0 Å². The molecule has 1 amide bonds. The van der Waals surface area contributed by atoms with Gasteiger partial charge in [-0.25, -0.2) is 18.6 Å². The fourth-order valence-electron chi connectivity index (χ4n) is 2.06. The highest BCUT2D eigenvalue weighted by Gasteiger charge is 2.23. The Labute approximate surface area is 141 Å². The van der Waals surface area contributed by atoms with E-state index in [-0.39, 0.29) is 16.9 Å². The van der Waals surface area contributed by atoms with E-state index in [1.807, 2.05) is 0 Å². The molecule has 0 bridgehead atoms. The van der Waals surface area contributed by atoms with Crippen LogP contribution in [0.25, 0.3) is 0 Å². The summed E-state index contributed by atoms with van der Waals surface area (Å²) in [5.41, 5.74) is -0.138. The van der Waals surface area contributed by atoms with E-state index in [1.54, 1.807) is 0 Å². The van der Waals surface area contributed by atoms with Gasteiger partial charge in [0.05, 0.1) is 24.2 Å². The number of aromatic nitrogens is 1. The van der Waals surface area contributed by atoms with Crippen LogP contribution in [0.2, 0.25) is 5.02 Å². The van der Waals surface area contributed by atoms with Gasteiger partial charge in [-0.3, -0.25) is 4.79 Å². The number of carbonyl (C=O) groups is 2. The second-order valence-electron chi connectivity index (χ2n) is 4.81. The molecule has 2 aromatic rings. The van der Waals surface area contributed by atoms with E-state index in [9.17, 15) is 18.4 Å². The summed E-state index contributed by atoms with van der Waals surface area (Å²) >= 11 is 5.73. The van der Waals surface area contributed by atoms with Gasteiger partial charge in [-0.1, -0.05) is 11.6 Å². The van der Waals surface area contributed by atoms with Gasteiger partial charge in [0, 0.05) is 18.8 Å². The first kappa shape index (κ1) is 17.8. The van der Waals surface area contributed by atoms with Crippen LogP contribution in [0.4, 0.5) is 14.5 Å². The second-order valence-corrected chi connectivity index (χ2v) is 5.19. The average molecular weight is 355 g/mol. The van der Waals surface area contributed by atoms with Gasteiger partial charge in [-0.15, -0.1) is 0 Å². The van der Waals surface area contributed by atoms with E-state index in [1.165, 1.54) is 32.5 Å². The van der Waals surface area contributed by atoms with Crippen molar-refractivity contribution in [1.29, 1.82) is 0 Å². The van der Waals surface area contributed by atoms with Crippen LogP contribution >= 0.6 is 11.6 Å². The number of halogens is 3. The van der Waals surface area contributed by atoms with Crippen LogP contribution in [0.1, 0.15) is 16.1 Å². The topological polar surface area (TPSA) is 59.5 Å². The molecular formula is C16H13ClF2N2O3. The van der Waals surface area contributed by atoms with Crippen LogP contribution in [-0.4, -0.2) is 31.0 Å². The maximum atomic E-state index is 13.8. The summed E-state index contributed by atoms with van der Waals surface area (Å²) in [6.45, 7) is 0. The third-order valence-electron chi connectivity index (χ3n) is 3.37. The number of methoxy groups -OCH3 is 1. The number of likely N-dealkylation sites (N-methyl/N-ethyl adjacent to an activating group) is 1. The zero-order chi connectivity index (χ0) is 17.9. The summed E-state index contributed by atoms with van der Waals surface area (Å²) in [4.78, 5) is 29.1. The Morgan fingerprint density at radius 2 is 1.92 bits per heavy atom. The van der Waals surface area contributed by atoms with Crippen molar-refractivity contribution in [2.45, 2.75) is 6.42 Å². The van der Waals surface area contributed by atoms with Gasteiger partial charge in [-0.2, -0.15) is 0 Å². The molecule has 0 spiro atoms. The molecule has 8 heteroatoms. The lowest BCUT2D eigenvalue weighted by Gasteiger charge is -2.19. The number of anilines is 1. The molecule has 2 rings (SSSR count). The van der Waals surface area contributed by atoms with Crippen LogP contribution in [0.5, 0.6) is 0 Å². The first-order chi connectivity index (χ1) is 11.4. The molecular weight excluding hydrogens is 342 g/mol. The molecule has 1 aromatic carbocycles. The molecule has 24 heavy (non-hydrogen) atoms. The third kappa shape index (κ3) is 3.51. The van der Waals surface area contributed by atoms with Crippen molar-refractivity contribution < 1.29 is 23.1 Å². The predicted octanol–water partition coefficient (Wildman–Crippen LogP) is 3.01. The first-order valence-electron chi connectivity index (χ1n) is 6.79. The van der Waals surface area contributed by atoms with E-state index in [0.29, 0.717) is 0 Å². The summed E-state index contributed by atoms with van der Waals surface area (Å²) < 4.78 is 31.9. The maximum Gasteiger partial charge on any atom is 0.358 e. The number of esters is 1. The first-order valence-corrected chi connectivity index (χ1v) is 7.16. The van der Waals surface area contributed by atoms with Crippen LogP contribution in [0, 0.1) is 11.6 Å². The summed E-state index contributed by atoms with van der Waals surface area (Å²) in [5, 5.41) is -0.448. The van der Waals surface area contributed by atoms with Gasteiger partial charge < -0.3 is 9.64 Å². The Balaban J connectivity index is 2.32. The number of amides is 1. The van der Waals surface area contributed by atoms with Gasteiger partial charge in [0.25, 0.3) is 0 Å². The van der Waals surface area contributed by atoms with Crippen molar-refractivity contribution >= 4 is 29.2 Å². The Morgan fingerprint density at radius 1 is 1.25 bits per heavy atom. The molecule has 1 heterocycles. The SMILES string of the molecule is COC(=O)c1ncccc1N(C)C(=O)Cc1c(F)ccc(F)c1Cl. The number of benzene rings is 1. The Hall–Kier alpha value is -2.54. The highest BCUT2D eigenvalue weighted by molar-refractivity contribution is 6.31. The van der Waals surface area contributed by atoms with E-state index < -0.39 is 35.0 Å². The zero-order valence-corrected chi connectivity index (χ0v) is 13.6. The molecule has 0 aliphatic rings. The number of pyridine rings is 1. The van der Waals surface area contributed by atoms with Gasteiger partial charge in [-0.05, 0) is 24.3 Å². The van der Waals surface area contributed by atoms with Crippen LogP contribution < -0.4 is 4.90 Å². The predicted molar refractivity (Wildman–Crippen MR) is 84.1 cm³/mol. The molecule has 5 nitrogen and oxygen atoms in total. The Kier molecular flexibility index (Phi) is 5.46. The lowest BCUT2D eigenvalue weighted by atomic mass is 10.1. The molecule has 0 fully saturated rings. The van der Waals surface area contributed by atoms with Crippen LogP contribution in [0.15, 0.2) is 30.5 Å². The minimum atomic E-state index is -0.819. The molecule has 0 aliphatic heterocycles. The standard InChI is InChI=1S/C16H13ClF2N2O3/c1-21(12-4-3-7-20-15(12)16(23)24-2)13(22)8-9-10(18)5-6-11(19)14(9)17/h3-7H,8H2,1-2H3. The second kappa shape index (κ2) is 7.35. The summed E-state index contributed by atoms with van der Waals surface area (Å²) in [6, 6.07) is 4.79. The monoisotopic (exact) mass is 354 g/mol. The molecule has 126 valence electrons. The number of hydrogen-bond donors (Lipinski definition) is 0. The number of hydrogen-bond acceptors (Lipinski definition) is 4. The van der Waals surface area contributed by atoms with E-state index in [0.717, 1.165) is 17.0 Å². The molecule has 0 unspecified atom stereocenters. The maximum absolute atomic E-state index is 13.8. The number of carbonyl (C=O) groups excluding carboxylic acids is 2. The lowest BCUT2D eigenvalue weighted by molar-refractivity contribution is -0.117. The van der Waals surface area contributed by atoms with Crippen molar-refractivity contribution in [2.75, 3.05) is 19.1 Å². The Morgan fingerprint density at radius 3 is 2.58 bits per heavy atom. The molecule has 1 aromatic heterocycles. The molecule has 0 atom stereocenters. The molecule has 0 radical (unpaired) electrons. The normalized spacial score (nSPS) is 10.4. The van der Waals surface area contributed by atoms with E-state index in [4.69, 9.17) is 11.6 Å². The highest BCUT2D eigenvalue weighted by Crippen LogP contribution is 2.25. The molecule has 0 saturated heterocycles. The van der Waals surface area contributed by atoms with Gasteiger partial charge in [0.2, 0.25) is 5.91 Å². The van der Waals surface area contributed by atoms with Crippen molar-refractivity contribution in [2.24, 2.45) is 0 Å². The highest BCUT2D eigenvalue weighted by atomic mass is 35.5. The van der Waals surface area contributed by atoms with Crippen molar-refractivity contribution in [1.82, 2.24) is 4.98 Å². The van der Waals surface area contributed by atoms with Gasteiger partial charge in [0.1, 0.15) is 11.6 Å². The summed E-state index contributed by atoms with van der Waals surface area (Å²) in [5.74, 6) is -2.93. The lowest BCUT2D eigenvalue weighted by Crippen LogP contribution is -2.30. The van der Waals surface area contributed by atoms with E-state index in [2.05, 4.69) is 9.72 Å². The number of ether oxygens (including phenoxy) is 1. The number of rotatable bonds is 4. The Bertz CT molecular complexity index is 799. The minimum Gasteiger partial charge on any atom is -0.464 e. The smallest absolute Gasteiger partial charge is 0.358 e. The summed E-state index contributed by atoms with van der Waals surface area (Å²) in [6.07, 6.45) is 0.894. The quantitative estimate of drug-likeness (QED) is 0.625. The number of nitrogens with zero attached hydrogens (tertiary/aromatic N) is 2. The fourth-order valence-corrected chi connectivity index (χ4v) is 2.28. The molecule has 0 aliphatic carbocycles. The van der Waals surface area contributed by atoms with Crippen molar-refractivity contribution in [3.8, 4) is 0 Å². The van der Waals surface area contributed by atoms with Crippen molar-refractivity contribution in [3.63, 3.8) is 0 Å². The van der Waals surface area contributed by atoms with Crippen LogP contribution in [0.3, 0.4) is 0 Å². The molecule has 0 saturated carbocycles. The average Bonchev–Trinajstić information content (AvgIpc) is 2.60. The van der Waals surface area contributed by atoms with Gasteiger partial charge in [0.15, 0.2) is 5.69 Å².